The molecule has 0 saturated carbocycles. The van der Waals surface area contributed by atoms with Gasteiger partial charge in [0.25, 0.3) is 0 Å². The molecule has 1 aliphatic carbocycles. The van der Waals surface area contributed by atoms with Gasteiger partial charge in [-0.2, -0.15) is 17.4 Å². The maximum atomic E-state index is 3.76. The Hall–Kier alpha value is -0.196. The molecule has 0 bridgehead atoms. The summed E-state index contributed by atoms with van der Waals surface area (Å²) in [6.45, 7) is 3.76. The van der Waals surface area contributed by atoms with Crippen molar-refractivity contribution in [3.8, 4) is 0 Å². The van der Waals surface area contributed by atoms with Crippen LogP contribution in [0.4, 0.5) is 0 Å². The molecule has 1 aromatic rings. The van der Waals surface area contributed by atoms with E-state index in [9.17, 15) is 0 Å². The van der Waals surface area contributed by atoms with E-state index in [2.05, 4.69) is 30.9 Å². The van der Waals surface area contributed by atoms with Crippen molar-refractivity contribution < 1.29 is 32.7 Å². The molecule has 0 unspecified atom stereocenters. The first-order chi connectivity index (χ1) is 5.42. The summed E-state index contributed by atoms with van der Waals surface area (Å²) in [5.41, 5.74) is 1.29. The Morgan fingerprint density at radius 3 is 2.83 bits per heavy atom. The van der Waals surface area contributed by atoms with E-state index in [1.165, 1.54) is 16.0 Å². The van der Waals surface area contributed by atoms with Crippen molar-refractivity contribution in [3.63, 3.8) is 0 Å². The normalized spacial score (nSPS) is 12.8. The van der Waals surface area contributed by atoms with Crippen molar-refractivity contribution in [2.24, 2.45) is 0 Å². The Labute approximate surface area is 97.6 Å². The van der Waals surface area contributed by atoms with E-state index in [0.717, 1.165) is 6.42 Å². The first-order valence-corrected chi connectivity index (χ1v) is 3.73. The monoisotopic (exact) mass is 230 g/mol. The van der Waals surface area contributed by atoms with Crippen LogP contribution >= 0.6 is 0 Å². The van der Waals surface area contributed by atoms with E-state index >= 15 is 0 Å². The van der Waals surface area contributed by atoms with Gasteiger partial charge in [-0.15, -0.1) is 22.9 Å². The summed E-state index contributed by atoms with van der Waals surface area (Å²) in [6.07, 6.45) is 6.13. The molecule has 0 saturated heterocycles. The summed E-state index contributed by atoms with van der Waals surface area (Å²) in [6, 6.07) is 8.30. The Balaban J connectivity index is 0.000000720. The van der Waals surface area contributed by atoms with Crippen molar-refractivity contribution in [2.75, 3.05) is 0 Å². The van der Waals surface area contributed by atoms with Crippen LogP contribution in [0.3, 0.4) is 0 Å². The Morgan fingerprint density at radius 1 is 1.33 bits per heavy atom. The molecule has 1 aliphatic rings. The zero-order valence-corrected chi connectivity index (χ0v) is 9.72. The van der Waals surface area contributed by atoms with Crippen LogP contribution in [0.15, 0.2) is 36.9 Å². The van der Waals surface area contributed by atoms with Gasteiger partial charge in [-0.1, -0.05) is 25.1 Å². The van der Waals surface area contributed by atoms with Gasteiger partial charge in [-0.25, -0.2) is 0 Å². The molecule has 0 nitrogen and oxygen atoms in total. The first kappa shape index (κ1) is 9.89. The maximum Gasteiger partial charge on any atom is 0 e. The van der Waals surface area contributed by atoms with Crippen molar-refractivity contribution in [1.82, 2.24) is 0 Å². The van der Waals surface area contributed by atoms with Gasteiger partial charge in [0.15, 0.2) is 0 Å². The summed E-state index contributed by atoms with van der Waals surface area (Å²) in [5, 5.41) is 2.52. The third-order valence-corrected chi connectivity index (χ3v) is 1.99. The first-order valence-electron chi connectivity index (χ1n) is 3.73. The molecule has 0 atom stereocenters. The molecule has 2 rings (SSSR count). The Bertz CT molecular complexity index is 401. The predicted molar refractivity (Wildman–Crippen MR) is 47.3 cm³/mol. The van der Waals surface area contributed by atoms with E-state index in [1.54, 1.807) is 0 Å². The van der Waals surface area contributed by atoms with Crippen LogP contribution in [-0.4, -0.2) is 0 Å². The van der Waals surface area contributed by atoms with Gasteiger partial charge in [-0.3, -0.25) is 0 Å². The van der Waals surface area contributed by atoms with Gasteiger partial charge in [-0.05, 0) is 0 Å². The van der Waals surface area contributed by atoms with Gasteiger partial charge >= 0.3 is 0 Å². The van der Waals surface area contributed by atoms with Crippen LogP contribution in [0.1, 0.15) is 6.42 Å². The number of benzene rings is 1. The largest absolute Gasteiger partial charge is 0.197 e. The van der Waals surface area contributed by atoms with Crippen molar-refractivity contribution in [2.45, 2.75) is 6.42 Å². The number of hydrogen-bond acceptors (Lipinski definition) is 0. The molecular weight excluding hydrogens is 221 g/mol. The molecule has 1 heteroatoms. The van der Waals surface area contributed by atoms with Crippen LogP contribution in [0, 0.1) is 0 Å². The molecular formula is C11H9Y-. The third kappa shape index (κ3) is 1.60. The van der Waals surface area contributed by atoms with Crippen molar-refractivity contribution in [1.29, 1.82) is 0 Å². The fourth-order valence-corrected chi connectivity index (χ4v) is 1.39. The van der Waals surface area contributed by atoms with Gasteiger partial charge in [0.2, 0.25) is 0 Å². The summed E-state index contributed by atoms with van der Waals surface area (Å²) in [4.78, 5) is 0. The number of hydrogen-bond donors (Lipinski definition) is 0. The van der Waals surface area contributed by atoms with Gasteiger partial charge in [0.1, 0.15) is 0 Å². The van der Waals surface area contributed by atoms with Gasteiger partial charge in [0.05, 0.1) is 0 Å². The third-order valence-electron chi connectivity index (χ3n) is 1.99. The fraction of sp³-hybridized carbons (Fsp3) is 0.0909. The number of rotatable bonds is 1. The zero-order valence-electron chi connectivity index (χ0n) is 6.88. The minimum atomic E-state index is 0. The molecule has 0 fully saturated rings. The molecule has 12 heavy (non-hydrogen) atoms. The SMILES string of the molecule is C=CC1=c2ccccc2=[C-]C1.[Y]. The minimum absolute atomic E-state index is 0. The quantitative estimate of drug-likeness (QED) is 0.633. The Kier molecular flexibility index (Phi) is 3.43. The molecule has 0 aliphatic heterocycles. The van der Waals surface area contributed by atoms with E-state index in [-0.39, 0.29) is 32.7 Å². The fourth-order valence-electron chi connectivity index (χ4n) is 1.39. The molecule has 57 valence electrons. The minimum Gasteiger partial charge on any atom is -0.197 e. The summed E-state index contributed by atoms with van der Waals surface area (Å²) < 4.78 is 0. The maximum absolute atomic E-state index is 3.76. The standard InChI is InChI=1S/C11H9.Y/c1-2-9-7-8-10-5-3-4-6-11(9)10;/h2-6H,1,7H2;/q-1;. The smallest absolute Gasteiger partial charge is 0 e. The van der Waals surface area contributed by atoms with Crippen molar-refractivity contribution >= 4 is 11.6 Å². The summed E-state index contributed by atoms with van der Waals surface area (Å²) in [5.74, 6) is 0. The van der Waals surface area contributed by atoms with E-state index in [0.29, 0.717) is 0 Å². The van der Waals surface area contributed by atoms with Gasteiger partial charge in [0, 0.05) is 32.7 Å². The predicted octanol–water partition coefficient (Wildman–Crippen LogP) is 1.08. The second kappa shape index (κ2) is 4.16. The summed E-state index contributed by atoms with van der Waals surface area (Å²) in [7, 11) is 0. The topological polar surface area (TPSA) is 0 Å². The van der Waals surface area contributed by atoms with Crippen LogP contribution < -0.4 is 10.4 Å². The van der Waals surface area contributed by atoms with Crippen molar-refractivity contribution in [3.05, 3.63) is 47.4 Å². The molecule has 1 radical (unpaired) electrons. The molecule has 1 aromatic carbocycles. The average Bonchev–Trinajstić information content (AvgIpc) is 2.47. The molecule has 0 aromatic heterocycles. The number of allylic oxidation sites excluding steroid dienone is 1. The molecule has 0 heterocycles. The number of fused-ring (bicyclic) bond motifs is 1. The molecule has 0 N–H and O–H groups in total. The Morgan fingerprint density at radius 2 is 2.08 bits per heavy atom. The van der Waals surface area contributed by atoms with E-state index in [1.807, 2.05) is 12.1 Å². The van der Waals surface area contributed by atoms with E-state index in [4.69, 9.17) is 0 Å². The van der Waals surface area contributed by atoms with Crippen LogP contribution in [-0.2, 0) is 32.7 Å². The van der Waals surface area contributed by atoms with Crippen LogP contribution in [0.25, 0.3) is 11.6 Å². The van der Waals surface area contributed by atoms with Crippen LogP contribution in [0.5, 0.6) is 0 Å². The van der Waals surface area contributed by atoms with Gasteiger partial charge < -0.3 is 0 Å². The summed E-state index contributed by atoms with van der Waals surface area (Å²) >= 11 is 0. The molecule has 0 spiro atoms. The second-order valence-corrected chi connectivity index (χ2v) is 2.63. The average molecular weight is 230 g/mol. The van der Waals surface area contributed by atoms with E-state index < -0.39 is 0 Å². The zero-order chi connectivity index (χ0) is 7.68. The second-order valence-electron chi connectivity index (χ2n) is 2.63. The molecule has 0 amide bonds. The van der Waals surface area contributed by atoms with Crippen LogP contribution in [0.2, 0.25) is 0 Å².